The van der Waals surface area contributed by atoms with Gasteiger partial charge in [-0.15, -0.1) is 0 Å². The molecule has 1 amide bonds. The summed E-state index contributed by atoms with van der Waals surface area (Å²) in [4.78, 5) is 22.1. The molecule has 0 aliphatic carbocycles. The molecule has 1 aromatic carbocycles. The van der Waals surface area contributed by atoms with Crippen LogP contribution < -0.4 is 5.32 Å². The monoisotopic (exact) mass is 302 g/mol. The third-order valence-electron chi connectivity index (χ3n) is 3.36. The molecule has 22 heavy (non-hydrogen) atoms. The minimum absolute atomic E-state index is 0.0454. The molecule has 0 spiro atoms. The van der Waals surface area contributed by atoms with Crippen LogP contribution in [0, 0.1) is 17.0 Å². The van der Waals surface area contributed by atoms with Crippen LogP contribution in [0.3, 0.4) is 0 Å². The molecule has 0 fully saturated rings. The molecule has 1 unspecified atom stereocenters. The minimum atomic E-state index is -0.539. The van der Waals surface area contributed by atoms with E-state index in [4.69, 9.17) is 0 Å². The van der Waals surface area contributed by atoms with Crippen LogP contribution in [0.5, 0.6) is 0 Å². The predicted octanol–water partition coefficient (Wildman–Crippen LogP) is 2.37. The van der Waals surface area contributed by atoms with E-state index >= 15 is 0 Å². The molecule has 116 valence electrons. The van der Waals surface area contributed by atoms with Gasteiger partial charge in [-0.05, 0) is 18.9 Å². The van der Waals surface area contributed by atoms with Gasteiger partial charge in [-0.1, -0.05) is 36.8 Å². The smallest absolute Gasteiger partial charge is 0.307 e. The highest BCUT2D eigenvalue weighted by Gasteiger charge is 2.15. The second kappa shape index (κ2) is 6.84. The van der Waals surface area contributed by atoms with E-state index in [1.54, 1.807) is 0 Å². The SMILES string of the molecule is CCC(NC(=O)Cn1cc([N+](=O)[O-])cn1)c1ccc(C)cc1. The maximum absolute atomic E-state index is 12.1. The summed E-state index contributed by atoms with van der Waals surface area (Å²) < 4.78 is 1.26. The van der Waals surface area contributed by atoms with Crippen LogP contribution in [0.25, 0.3) is 0 Å². The Morgan fingerprint density at radius 3 is 2.64 bits per heavy atom. The molecule has 0 aliphatic rings. The number of nitrogens with zero attached hydrogens (tertiary/aromatic N) is 3. The standard InChI is InChI=1S/C15H18N4O3/c1-3-14(12-6-4-11(2)5-7-12)17-15(20)10-18-9-13(8-16-18)19(21)22/h4-9,14H,3,10H2,1-2H3,(H,17,20). The predicted molar refractivity (Wildman–Crippen MR) is 81.2 cm³/mol. The van der Waals surface area contributed by atoms with Crippen molar-refractivity contribution in [2.24, 2.45) is 0 Å². The van der Waals surface area contributed by atoms with Crippen LogP contribution >= 0.6 is 0 Å². The van der Waals surface area contributed by atoms with E-state index < -0.39 is 4.92 Å². The molecule has 2 rings (SSSR count). The van der Waals surface area contributed by atoms with E-state index in [-0.39, 0.29) is 24.2 Å². The van der Waals surface area contributed by atoms with Crippen molar-refractivity contribution in [3.05, 3.63) is 57.9 Å². The first-order chi connectivity index (χ1) is 10.5. The van der Waals surface area contributed by atoms with E-state index in [0.29, 0.717) is 0 Å². The Hall–Kier alpha value is -2.70. The van der Waals surface area contributed by atoms with Gasteiger partial charge in [0.1, 0.15) is 18.9 Å². The summed E-state index contributed by atoms with van der Waals surface area (Å²) >= 11 is 0. The van der Waals surface area contributed by atoms with Gasteiger partial charge < -0.3 is 5.32 Å². The van der Waals surface area contributed by atoms with E-state index in [2.05, 4.69) is 10.4 Å². The fourth-order valence-corrected chi connectivity index (χ4v) is 2.14. The molecule has 1 N–H and O–H groups in total. The number of benzene rings is 1. The maximum atomic E-state index is 12.1. The zero-order chi connectivity index (χ0) is 16.1. The lowest BCUT2D eigenvalue weighted by molar-refractivity contribution is -0.385. The molecule has 0 bridgehead atoms. The van der Waals surface area contributed by atoms with Gasteiger partial charge >= 0.3 is 5.69 Å². The lowest BCUT2D eigenvalue weighted by Gasteiger charge is -2.17. The summed E-state index contributed by atoms with van der Waals surface area (Å²) in [5.41, 5.74) is 2.07. The number of amides is 1. The van der Waals surface area contributed by atoms with Crippen molar-refractivity contribution in [2.75, 3.05) is 0 Å². The van der Waals surface area contributed by atoms with Crippen LogP contribution in [0.4, 0.5) is 5.69 Å². The number of rotatable bonds is 6. The van der Waals surface area contributed by atoms with Crippen molar-refractivity contribution in [3.8, 4) is 0 Å². The molecule has 7 heteroatoms. The maximum Gasteiger partial charge on any atom is 0.307 e. The van der Waals surface area contributed by atoms with Gasteiger partial charge in [0.15, 0.2) is 0 Å². The van der Waals surface area contributed by atoms with Crippen LogP contribution in [0.2, 0.25) is 0 Å². The van der Waals surface area contributed by atoms with E-state index in [1.165, 1.54) is 10.9 Å². The first-order valence-corrected chi connectivity index (χ1v) is 7.02. The van der Waals surface area contributed by atoms with E-state index in [0.717, 1.165) is 23.7 Å². The normalized spacial score (nSPS) is 11.9. The second-order valence-corrected chi connectivity index (χ2v) is 5.09. The Balaban J connectivity index is 1.99. The van der Waals surface area contributed by atoms with Gasteiger partial charge in [0.2, 0.25) is 5.91 Å². The van der Waals surface area contributed by atoms with Gasteiger partial charge in [0.05, 0.1) is 11.0 Å². The van der Waals surface area contributed by atoms with Crippen molar-refractivity contribution in [1.29, 1.82) is 0 Å². The average molecular weight is 302 g/mol. The lowest BCUT2D eigenvalue weighted by Crippen LogP contribution is -2.31. The molecule has 0 saturated carbocycles. The molecule has 1 atom stereocenters. The van der Waals surface area contributed by atoms with Gasteiger partial charge in [0, 0.05) is 0 Å². The molecule has 1 heterocycles. The van der Waals surface area contributed by atoms with Gasteiger partial charge in [-0.2, -0.15) is 5.10 Å². The van der Waals surface area contributed by atoms with Gasteiger partial charge in [0.25, 0.3) is 0 Å². The fourth-order valence-electron chi connectivity index (χ4n) is 2.14. The van der Waals surface area contributed by atoms with Crippen LogP contribution in [-0.4, -0.2) is 20.6 Å². The second-order valence-electron chi connectivity index (χ2n) is 5.09. The fraction of sp³-hybridized carbons (Fsp3) is 0.333. The zero-order valence-electron chi connectivity index (χ0n) is 12.5. The molecule has 0 saturated heterocycles. The molecule has 0 aliphatic heterocycles. The summed E-state index contributed by atoms with van der Waals surface area (Å²) in [6.45, 7) is 3.95. The quantitative estimate of drug-likeness (QED) is 0.655. The first-order valence-electron chi connectivity index (χ1n) is 7.02. The van der Waals surface area contributed by atoms with E-state index in [1.807, 2.05) is 38.1 Å². The van der Waals surface area contributed by atoms with Crippen LogP contribution in [0.15, 0.2) is 36.7 Å². The number of carbonyl (C=O) groups is 1. The summed E-state index contributed by atoms with van der Waals surface area (Å²) in [7, 11) is 0. The topological polar surface area (TPSA) is 90.1 Å². The third kappa shape index (κ3) is 3.91. The number of hydrogen-bond acceptors (Lipinski definition) is 4. The number of nitro groups is 1. The van der Waals surface area contributed by atoms with Crippen molar-refractivity contribution < 1.29 is 9.72 Å². The van der Waals surface area contributed by atoms with Crippen molar-refractivity contribution >= 4 is 11.6 Å². The number of aryl methyl sites for hydroxylation is 1. The summed E-state index contributed by atoms with van der Waals surface area (Å²) in [5.74, 6) is -0.231. The highest BCUT2D eigenvalue weighted by atomic mass is 16.6. The van der Waals surface area contributed by atoms with Crippen molar-refractivity contribution in [3.63, 3.8) is 0 Å². The third-order valence-corrected chi connectivity index (χ3v) is 3.36. The van der Waals surface area contributed by atoms with Crippen LogP contribution in [0.1, 0.15) is 30.5 Å². The minimum Gasteiger partial charge on any atom is -0.348 e. The molecular formula is C15H18N4O3. The van der Waals surface area contributed by atoms with Gasteiger partial charge in [-0.25, -0.2) is 0 Å². The number of carbonyl (C=O) groups excluding carboxylic acids is 1. The largest absolute Gasteiger partial charge is 0.348 e. The molecule has 0 radical (unpaired) electrons. The molecule has 2 aromatic rings. The number of nitrogens with one attached hydrogen (secondary N) is 1. The Morgan fingerprint density at radius 1 is 1.41 bits per heavy atom. The lowest BCUT2D eigenvalue weighted by atomic mass is 10.0. The first kappa shape index (κ1) is 15.7. The van der Waals surface area contributed by atoms with Crippen molar-refractivity contribution in [2.45, 2.75) is 32.9 Å². The average Bonchev–Trinajstić information content (AvgIpc) is 2.94. The Labute approximate surface area is 128 Å². The number of hydrogen-bond donors (Lipinski definition) is 1. The Bertz CT molecular complexity index is 664. The highest BCUT2D eigenvalue weighted by Crippen LogP contribution is 2.17. The summed E-state index contributed by atoms with van der Waals surface area (Å²) in [6.07, 6.45) is 3.13. The van der Waals surface area contributed by atoms with Gasteiger partial charge in [-0.3, -0.25) is 19.6 Å². The van der Waals surface area contributed by atoms with E-state index in [9.17, 15) is 14.9 Å². The molecule has 7 nitrogen and oxygen atoms in total. The summed E-state index contributed by atoms with van der Waals surface area (Å²) in [5, 5.41) is 17.3. The zero-order valence-corrected chi connectivity index (χ0v) is 12.5. The number of aromatic nitrogens is 2. The van der Waals surface area contributed by atoms with Crippen molar-refractivity contribution in [1.82, 2.24) is 15.1 Å². The highest BCUT2D eigenvalue weighted by molar-refractivity contribution is 5.76. The molecule has 1 aromatic heterocycles. The molecular weight excluding hydrogens is 284 g/mol. The Kier molecular flexibility index (Phi) is 4.88. The Morgan fingerprint density at radius 2 is 2.09 bits per heavy atom. The van der Waals surface area contributed by atoms with Crippen LogP contribution in [-0.2, 0) is 11.3 Å². The summed E-state index contributed by atoms with van der Waals surface area (Å²) in [6, 6.07) is 7.89.